The molecule has 0 amide bonds. The average Bonchev–Trinajstić information content (AvgIpc) is 2.62. The second-order valence-electron chi connectivity index (χ2n) is 5.52. The van der Waals surface area contributed by atoms with Crippen LogP contribution < -0.4 is 15.4 Å². The lowest BCUT2D eigenvalue weighted by atomic mass is 10.1. The van der Waals surface area contributed by atoms with Crippen molar-refractivity contribution in [2.75, 3.05) is 33.9 Å². The van der Waals surface area contributed by atoms with Crippen LogP contribution in [0.5, 0.6) is 5.75 Å². The van der Waals surface area contributed by atoms with Crippen molar-refractivity contribution in [2.45, 2.75) is 19.9 Å². The summed E-state index contributed by atoms with van der Waals surface area (Å²) in [6.07, 6.45) is 0.957. The van der Waals surface area contributed by atoms with Crippen molar-refractivity contribution >= 4 is 16.7 Å². The predicted molar refractivity (Wildman–Crippen MR) is 99.8 cm³/mol. The van der Waals surface area contributed by atoms with Gasteiger partial charge in [-0.05, 0) is 47.9 Å². The molecule has 0 fully saturated rings. The van der Waals surface area contributed by atoms with E-state index in [1.54, 1.807) is 14.2 Å². The van der Waals surface area contributed by atoms with Gasteiger partial charge >= 0.3 is 0 Å². The molecule has 0 aliphatic carbocycles. The Labute approximate surface area is 144 Å². The molecular formula is C19H27N3O2. The number of benzene rings is 2. The van der Waals surface area contributed by atoms with E-state index in [-0.39, 0.29) is 0 Å². The molecule has 5 nitrogen and oxygen atoms in total. The fraction of sp³-hybridized carbons (Fsp3) is 0.421. The first-order chi connectivity index (χ1) is 11.8. The smallest absolute Gasteiger partial charge is 0.191 e. The minimum absolute atomic E-state index is 0.640. The summed E-state index contributed by atoms with van der Waals surface area (Å²) in [6, 6.07) is 12.5. The molecule has 0 aliphatic rings. The van der Waals surface area contributed by atoms with Gasteiger partial charge in [-0.15, -0.1) is 0 Å². The maximum absolute atomic E-state index is 5.27. The third-order valence-corrected chi connectivity index (χ3v) is 3.69. The second kappa shape index (κ2) is 9.78. The fourth-order valence-corrected chi connectivity index (χ4v) is 2.43. The number of fused-ring (bicyclic) bond motifs is 1. The number of hydrogen-bond acceptors (Lipinski definition) is 3. The molecule has 0 atom stereocenters. The number of rotatable bonds is 8. The van der Waals surface area contributed by atoms with Gasteiger partial charge in [-0.1, -0.05) is 18.2 Å². The number of guanidine groups is 1. The summed E-state index contributed by atoms with van der Waals surface area (Å²) in [4.78, 5) is 4.65. The van der Waals surface area contributed by atoms with Crippen LogP contribution >= 0.6 is 0 Å². The van der Waals surface area contributed by atoms with E-state index >= 15 is 0 Å². The van der Waals surface area contributed by atoms with E-state index in [4.69, 9.17) is 9.47 Å². The van der Waals surface area contributed by atoms with Crippen molar-refractivity contribution in [3.8, 4) is 5.75 Å². The standard InChI is InChI=1S/C19H27N3O2/c1-4-20-19(21-10-5-11-23-2)22-14-15-6-7-17-13-18(24-3)9-8-16(17)12-15/h6-9,12-13H,4-5,10-11,14H2,1-3H3,(H2,20,21,22). The third-order valence-electron chi connectivity index (χ3n) is 3.69. The molecular weight excluding hydrogens is 302 g/mol. The van der Waals surface area contributed by atoms with E-state index in [0.717, 1.165) is 37.8 Å². The molecule has 0 saturated heterocycles. The summed E-state index contributed by atoms with van der Waals surface area (Å²) in [5.74, 6) is 1.71. The Morgan fingerprint density at radius 2 is 1.83 bits per heavy atom. The lowest BCUT2D eigenvalue weighted by Gasteiger charge is -2.11. The summed E-state index contributed by atoms with van der Waals surface area (Å²) in [5, 5.41) is 8.95. The van der Waals surface area contributed by atoms with Crippen molar-refractivity contribution in [1.82, 2.24) is 10.6 Å². The van der Waals surface area contributed by atoms with E-state index in [1.807, 2.05) is 12.1 Å². The highest BCUT2D eigenvalue weighted by Crippen LogP contribution is 2.22. The van der Waals surface area contributed by atoms with E-state index < -0.39 is 0 Å². The third kappa shape index (κ3) is 5.42. The van der Waals surface area contributed by atoms with Gasteiger partial charge in [0.1, 0.15) is 5.75 Å². The van der Waals surface area contributed by atoms with Crippen LogP contribution in [0.1, 0.15) is 18.9 Å². The number of hydrogen-bond donors (Lipinski definition) is 2. The largest absolute Gasteiger partial charge is 0.497 e. The Morgan fingerprint density at radius 3 is 2.58 bits per heavy atom. The van der Waals surface area contributed by atoms with Crippen molar-refractivity contribution < 1.29 is 9.47 Å². The van der Waals surface area contributed by atoms with Crippen LogP contribution in [-0.4, -0.2) is 39.9 Å². The molecule has 2 N–H and O–H groups in total. The summed E-state index contributed by atoms with van der Waals surface area (Å²) in [6.45, 7) is 5.14. The highest BCUT2D eigenvalue weighted by molar-refractivity contribution is 5.84. The van der Waals surface area contributed by atoms with Crippen LogP contribution in [0, 0.1) is 0 Å². The van der Waals surface area contributed by atoms with E-state index in [9.17, 15) is 0 Å². The predicted octanol–water partition coefficient (Wildman–Crippen LogP) is 2.94. The molecule has 0 radical (unpaired) electrons. The van der Waals surface area contributed by atoms with Crippen molar-refractivity contribution in [3.05, 3.63) is 42.0 Å². The van der Waals surface area contributed by atoms with Gasteiger partial charge in [0.05, 0.1) is 13.7 Å². The average molecular weight is 329 g/mol. The fourth-order valence-electron chi connectivity index (χ4n) is 2.43. The quantitative estimate of drug-likeness (QED) is 0.444. The number of nitrogens with zero attached hydrogens (tertiary/aromatic N) is 1. The molecule has 0 aromatic heterocycles. The van der Waals surface area contributed by atoms with Gasteiger partial charge in [-0.3, -0.25) is 0 Å². The van der Waals surface area contributed by atoms with Crippen LogP contribution in [0.15, 0.2) is 41.4 Å². The topological polar surface area (TPSA) is 54.9 Å². The first-order valence-corrected chi connectivity index (χ1v) is 8.34. The Kier molecular flexibility index (Phi) is 7.36. The van der Waals surface area contributed by atoms with Crippen LogP contribution in [0.25, 0.3) is 10.8 Å². The Morgan fingerprint density at radius 1 is 1.04 bits per heavy atom. The number of ether oxygens (including phenoxy) is 2. The Balaban J connectivity index is 2.02. The van der Waals surface area contributed by atoms with Crippen LogP contribution in [0.4, 0.5) is 0 Å². The van der Waals surface area contributed by atoms with Gasteiger partial charge in [-0.25, -0.2) is 4.99 Å². The normalized spacial score (nSPS) is 11.5. The molecule has 0 aliphatic heterocycles. The van der Waals surface area contributed by atoms with Crippen molar-refractivity contribution in [1.29, 1.82) is 0 Å². The summed E-state index contributed by atoms with van der Waals surface area (Å²) in [7, 11) is 3.40. The molecule has 24 heavy (non-hydrogen) atoms. The van der Waals surface area contributed by atoms with E-state index in [0.29, 0.717) is 6.54 Å². The van der Waals surface area contributed by atoms with Crippen molar-refractivity contribution in [3.63, 3.8) is 0 Å². The zero-order valence-corrected chi connectivity index (χ0v) is 14.8. The Bertz CT molecular complexity index is 671. The van der Waals surface area contributed by atoms with Gasteiger partial charge in [-0.2, -0.15) is 0 Å². The molecule has 0 bridgehead atoms. The van der Waals surface area contributed by atoms with E-state index in [1.165, 1.54) is 16.3 Å². The SMILES string of the molecule is CCNC(=NCc1ccc2cc(OC)ccc2c1)NCCCOC. The van der Waals surface area contributed by atoms with Gasteiger partial charge in [0.15, 0.2) is 5.96 Å². The maximum atomic E-state index is 5.27. The molecule has 0 heterocycles. The van der Waals surface area contributed by atoms with Crippen LogP contribution in [0.3, 0.4) is 0 Å². The molecule has 130 valence electrons. The number of nitrogens with one attached hydrogen (secondary N) is 2. The first-order valence-electron chi connectivity index (χ1n) is 8.34. The zero-order chi connectivity index (χ0) is 17.2. The second-order valence-corrected chi connectivity index (χ2v) is 5.52. The van der Waals surface area contributed by atoms with Crippen molar-refractivity contribution in [2.24, 2.45) is 4.99 Å². The Hall–Kier alpha value is -2.27. The monoisotopic (exact) mass is 329 g/mol. The molecule has 2 aromatic carbocycles. The zero-order valence-electron chi connectivity index (χ0n) is 14.8. The van der Waals surface area contributed by atoms with Gasteiger partial charge in [0.25, 0.3) is 0 Å². The lowest BCUT2D eigenvalue weighted by Crippen LogP contribution is -2.38. The summed E-state index contributed by atoms with van der Waals surface area (Å²) in [5.41, 5.74) is 1.18. The van der Waals surface area contributed by atoms with E-state index in [2.05, 4.69) is 46.8 Å². The molecule has 2 rings (SSSR count). The van der Waals surface area contributed by atoms with Crippen LogP contribution in [-0.2, 0) is 11.3 Å². The molecule has 0 spiro atoms. The summed E-state index contributed by atoms with van der Waals surface area (Å²) < 4.78 is 10.3. The van der Waals surface area contributed by atoms with Gasteiger partial charge in [0, 0.05) is 26.8 Å². The highest BCUT2D eigenvalue weighted by atomic mass is 16.5. The molecule has 0 unspecified atom stereocenters. The molecule has 5 heteroatoms. The molecule has 2 aromatic rings. The summed E-state index contributed by atoms with van der Waals surface area (Å²) >= 11 is 0. The van der Waals surface area contributed by atoms with Gasteiger partial charge in [0.2, 0.25) is 0 Å². The minimum Gasteiger partial charge on any atom is -0.497 e. The number of aliphatic imine (C=N–C) groups is 1. The highest BCUT2D eigenvalue weighted by Gasteiger charge is 2.00. The van der Waals surface area contributed by atoms with Gasteiger partial charge < -0.3 is 20.1 Å². The first kappa shape index (κ1) is 18.1. The minimum atomic E-state index is 0.640. The maximum Gasteiger partial charge on any atom is 0.191 e. The lowest BCUT2D eigenvalue weighted by molar-refractivity contribution is 0.195. The molecule has 0 saturated carbocycles. The van der Waals surface area contributed by atoms with Crippen LogP contribution in [0.2, 0.25) is 0 Å². The number of methoxy groups -OCH3 is 2.